The number of benzene rings is 4. The van der Waals surface area contributed by atoms with E-state index in [9.17, 15) is 4.79 Å². The lowest BCUT2D eigenvalue weighted by molar-refractivity contribution is -0.0190. The molecule has 0 N–H and O–H groups in total. The summed E-state index contributed by atoms with van der Waals surface area (Å²) in [5.41, 5.74) is 4.61. The Morgan fingerprint density at radius 2 is 1.56 bits per heavy atom. The summed E-state index contributed by atoms with van der Waals surface area (Å²) in [7, 11) is 1.66. The molecule has 0 amide bonds. The Balaban J connectivity index is 1.28. The van der Waals surface area contributed by atoms with Crippen molar-refractivity contribution in [2.24, 2.45) is 5.10 Å². The highest BCUT2D eigenvalue weighted by Gasteiger charge is 2.40. The highest BCUT2D eigenvalue weighted by molar-refractivity contribution is 6.02. The number of fused-ring (bicyclic) bond motifs is 3. The number of carbonyl (C=O) groups excluding carboxylic acids is 1. The largest absolute Gasteiger partial charge is 0.497 e. The van der Waals surface area contributed by atoms with Crippen LogP contribution in [0, 0.1) is 0 Å². The van der Waals surface area contributed by atoms with Crippen LogP contribution in [0.1, 0.15) is 45.7 Å². The third-order valence-electron chi connectivity index (χ3n) is 6.51. The lowest BCUT2D eigenvalue weighted by Crippen LogP contribution is -2.33. The van der Waals surface area contributed by atoms with Crippen LogP contribution in [-0.4, -0.2) is 23.8 Å². The molecule has 0 radical (unpaired) electrons. The normalized spacial score (nSPS) is 17.9. The third-order valence-corrected chi connectivity index (χ3v) is 6.51. The van der Waals surface area contributed by atoms with Gasteiger partial charge in [-0.2, -0.15) is 5.10 Å². The van der Waals surface area contributed by atoms with E-state index in [0.717, 1.165) is 40.3 Å². The van der Waals surface area contributed by atoms with Crippen LogP contribution in [-0.2, 0) is 0 Å². The molecule has 6 rings (SSSR count). The first-order chi connectivity index (χ1) is 17.7. The molecule has 0 spiro atoms. The van der Waals surface area contributed by atoms with Gasteiger partial charge < -0.3 is 14.2 Å². The zero-order chi connectivity index (χ0) is 24.5. The Morgan fingerprint density at radius 3 is 2.31 bits per heavy atom. The topological polar surface area (TPSA) is 60.4 Å². The first-order valence-corrected chi connectivity index (χ1v) is 11.8. The van der Waals surface area contributed by atoms with Gasteiger partial charge in [-0.15, -0.1) is 0 Å². The van der Waals surface area contributed by atoms with Crippen molar-refractivity contribution in [2.45, 2.75) is 18.7 Å². The summed E-state index contributed by atoms with van der Waals surface area (Å²) in [5.74, 6) is 1.76. The first kappa shape index (κ1) is 21.9. The van der Waals surface area contributed by atoms with Gasteiger partial charge in [0.15, 0.2) is 0 Å². The molecule has 2 heterocycles. The highest BCUT2D eigenvalue weighted by atomic mass is 16.5. The Labute approximate surface area is 209 Å². The number of methoxy groups -OCH3 is 1. The van der Waals surface area contributed by atoms with Gasteiger partial charge in [0.1, 0.15) is 17.2 Å². The molecule has 4 aromatic rings. The summed E-state index contributed by atoms with van der Waals surface area (Å²) >= 11 is 0. The van der Waals surface area contributed by atoms with Crippen LogP contribution in [0.2, 0.25) is 0 Å². The van der Waals surface area contributed by atoms with Gasteiger partial charge in [0.05, 0.1) is 24.4 Å². The second kappa shape index (κ2) is 9.23. The predicted molar refractivity (Wildman–Crippen MR) is 136 cm³/mol. The summed E-state index contributed by atoms with van der Waals surface area (Å²) in [6, 6.07) is 32.5. The molecule has 2 unspecified atom stereocenters. The number of hydrazone groups is 1. The molecule has 178 valence electrons. The van der Waals surface area contributed by atoms with E-state index in [2.05, 4.69) is 6.07 Å². The molecular formula is C30H24N2O4. The lowest BCUT2D eigenvalue weighted by Gasteiger charge is -2.38. The van der Waals surface area contributed by atoms with E-state index < -0.39 is 6.23 Å². The van der Waals surface area contributed by atoms with Gasteiger partial charge >= 0.3 is 5.97 Å². The van der Waals surface area contributed by atoms with Crippen LogP contribution in [0.3, 0.4) is 0 Å². The molecule has 0 aromatic heterocycles. The molecule has 2 atom stereocenters. The standard InChI is InChI=1S/C30H24N2O4/c1-34-23-15-11-20(12-16-23)26-19-27-25-9-5-6-10-28(25)36-29(32(27)31-26)21-13-17-24(18-14-21)35-30(33)22-7-3-2-4-8-22/h2-18,27,29H,19H2,1H3. The minimum absolute atomic E-state index is 0.0626. The van der Waals surface area contributed by atoms with Crippen LogP contribution in [0.4, 0.5) is 0 Å². The maximum absolute atomic E-state index is 12.4. The number of para-hydroxylation sites is 1. The van der Waals surface area contributed by atoms with Crippen LogP contribution >= 0.6 is 0 Å². The predicted octanol–water partition coefficient (Wildman–Crippen LogP) is 6.16. The molecule has 0 bridgehead atoms. The van der Waals surface area contributed by atoms with Crippen molar-refractivity contribution >= 4 is 11.7 Å². The summed E-state index contributed by atoms with van der Waals surface area (Å²) in [5, 5.41) is 7.04. The molecule has 2 aliphatic rings. The average molecular weight is 477 g/mol. The van der Waals surface area contributed by atoms with Crippen molar-refractivity contribution in [1.29, 1.82) is 0 Å². The fourth-order valence-electron chi connectivity index (χ4n) is 4.65. The van der Waals surface area contributed by atoms with Crippen molar-refractivity contribution in [3.8, 4) is 17.2 Å². The number of ether oxygens (including phenoxy) is 3. The fraction of sp³-hybridized carbons (Fsp3) is 0.133. The Kier molecular flexibility index (Phi) is 5.62. The zero-order valence-corrected chi connectivity index (χ0v) is 19.7. The monoisotopic (exact) mass is 476 g/mol. The van der Waals surface area contributed by atoms with E-state index in [1.807, 2.05) is 77.8 Å². The molecular weight excluding hydrogens is 452 g/mol. The molecule has 36 heavy (non-hydrogen) atoms. The SMILES string of the molecule is COc1ccc(C2=NN3C(C2)c2ccccc2OC3c2ccc(OC(=O)c3ccccc3)cc2)cc1. The Bertz CT molecular complexity index is 1420. The smallest absolute Gasteiger partial charge is 0.343 e. The van der Waals surface area contributed by atoms with Crippen LogP contribution in [0.5, 0.6) is 17.2 Å². The van der Waals surface area contributed by atoms with E-state index in [1.165, 1.54) is 0 Å². The summed E-state index contributed by atoms with van der Waals surface area (Å²) in [6.45, 7) is 0. The van der Waals surface area contributed by atoms with E-state index >= 15 is 0 Å². The molecule has 0 saturated heterocycles. The molecule has 2 aliphatic heterocycles. The number of rotatable bonds is 5. The third kappa shape index (κ3) is 4.07. The van der Waals surface area contributed by atoms with Gasteiger partial charge in [0.2, 0.25) is 6.23 Å². The van der Waals surface area contributed by atoms with E-state index in [0.29, 0.717) is 11.3 Å². The van der Waals surface area contributed by atoms with E-state index in [-0.39, 0.29) is 12.0 Å². The quantitative estimate of drug-likeness (QED) is 0.255. The van der Waals surface area contributed by atoms with Crippen LogP contribution in [0.15, 0.2) is 108 Å². The summed E-state index contributed by atoms with van der Waals surface area (Å²) in [6.07, 6.45) is 0.371. The number of hydrogen-bond donors (Lipinski definition) is 0. The van der Waals surface area contributed by atoms with Gasteiger partial charge in [0.25, 0.3) is 0 Å². The van der Waals surface area contributed by atoms with Gasteiger partial charge in [-0.25, -0.2) is 9.80 Å². The van der Waals surface area contributed by atoms with Crippen molar-refractivity contribution < 1.29 is 19.0 Å². The van der Waals surface area contributed by atoms with Gasteiger partial charge in [-0.1, -0.05) is 36.4 Å². The second-order valence-electron chi connectivity index (χ2n) is 8.71. The van der Waals surface area contributed by atoms with Crippen molar-refractivity contribution in [1.82, 2.24) is 5.01 Å². The van der Waals surface area contributed by atoms with Gasteiger partial charge in [-0.3, -0.25) is 0 Å². The van der Waals surface area contributed by atoms with Crippen LogP contribution in [0.25, 0.3) is 0 Å². The molecule has 6 nitrogen and oxygen atoms in total. The van der Waals surface area contributed by atoms with Gasteiger partial charge in [0, 0.05) is 17.5 Å². The summed E-state index contributed by atoms with van der Waals surface area (Å²) in [4.78, 5) is 12.4. The minimum atomic E-state index is -0.403. The lowest BCUT2D eigenvalue weighted by atomic mass is 9.96. The zero-order valence-electron chi connectivity index (χ0n) is 19.7. The Hall–Kier alpha value is -4.58. The Morgan fingerprint density at radius 1 is 0.861 bits per heavy atom. The maximum atomic E-state index is 12.4. The average Bonchev–Trinajstić information content (AvgIpc) is 3.39. The molecule has 0 fully saturated rings. The fourth-order valence-corrected chi connectivity index (χ4v) is 4.65. The van der Waals surface area contributed by atoms with E-state index in [1.54, 1.807) is 31.4 Å². The van der Waals surface area contributed by atoms with E-state index in [4.69, 9.17) is 19.3 Å². The number of carbonyl (C=O) groups is 1. The number of nitrogens with zero attached hydrogens (tertiary/aromatic N) is 2. The molecule has 0 saturated carbocycles. The van der Waals surface area contributed by atoms with Gasteiger partial charge in [-0.05, 0) is 72.3 Å². The van der Waals surface area contributed by atoms with Crippen LogP contribution < -0.4 is 14.2 Å². The maximum Gasteiger partial charge on any atom is 0.343 e. The van der Waals surface area contributed by atoms with Crippen molar-refractivity contribution in [3.05, 3.63) is 125 Å². The highest BCUT2D eigenvalue weighted by Crippen LogP contribution is 2.47. The second-order valence-corrected chi connectivity index (χ2v) is 8.71. The van der Waals surface area contributed by atoms with Crippen molar-refractivity contribution in [2.75, 3.05) is 7.11 Å². The summed E-state index contributed by atoms with van der Waals surface area (Å²) < 4.78 is 17.3. The first-order valence-electron chi connectivity index (χ1n) is 11.8. The number of esters is 1. The molecule has 4 aromatic carbocycles. The number of hydrogen-bond acceptors (Lipinski definition) is 6. The molecule has 0 aliphatic carbocycles. The molecule has 6 heteroatoms. The van der Waals surface area contributed by atoms with Crippen molar-refractivity contribution in [3.63, 3.8) is 0 Å². The minimum Gasteiger partial charge on any atom is -0.497 e.